The maximum atomic E-state index is 11.9. The van der Waals surface area contributed by atoms with Crippen LogP contribution in [0.5, 0.6) is 0 Å². The molecule has 1 amide bonds. The van der Waals surface area contributed by atoms with Crippen molar-refractivity contribution in [1.29, 1.82) is 0 Å². The first kappa shape index (κ1) is 14.4. The number of carbonyl (C=O) groups excluding carboxylic acids is 1. The van der Waals surface area contributed by atoms with Gasteiger partial charge in [-0.1, -0.05) is 13.8 Å². The molecule has 6 nitrogen and oxygen atoms in total. The Morgan fingerprint density at radius 1 is 1.53 bits per heavy atom. The van der Waals surface area contributed by atoms with Gasteiger partial charge in [-0.25, -0.2) is 13.6 Å². The molecule has 1 unspecified atom stereocenters. The second kappa shape index (κ2) is 5.79. The van der Waals surface area contributed by atoms with E-state index < -0.39 is 10.0 Å². The molecule has 0 bridgehead atoms. The van der Waals surface area contributed by atoms with Crippen LogP contribution >= 0.6 is 0 Å². The number of amides is 1. The van der Waals surface area contributed by atoms with Crippen LogP contribution in [0.4, 0.5) is 0 Å². The number of hydrogen-bond acceptors (Lipinski definition) is 4. The molecule has 7 heteroatoms. The van der Waals surface area contributed by atoms with Gasteiger partial charge >= 0.3 is 0 Å². The van der Waals surface area contributed by atoms with Gasteiger partial charge in [0.2, 0.25) is 15.9 Å². The van der Waals surface area contributed by atoms with Crippen LogP contribution in [0.15, 0.2) is 0 Å². The summed E-state index contributed by atoms with van der Waals surface area (Å²) in [5.41, 5.74) is 0. The molecule has 0 aromatic rings. The van der Waals surface area contributed by atoms with Crippen molar-refractivity contribution in [3.05, 3.63) is 0 Å². The molecular formula is C10H21N3O3S. The van der Waals surface area contributed by atoms with E-state index in [9.17, 15) is 13.2 Å². The number of nitrogens with two attached hydrogens (primary N) is 1. The Labute approximate surface area is 103 Å². The molecule has 1 aliphatic rings. The average molecular weight is 263 g/mol. The average Bonchev–Trinajstić information content (AvgIpc) is 2.47. The van der Waals surface area contributed by atoms with Crippen LogP contribution in [0, 0.1) is 0 Å². The van der Waals surface area contributed by atoms with Crippen LogP contribution in [0.1, 0.15) is 26.7 Å². The van der Waals surface area contributed by atoms with Gasteiger partial charge in [0, 0.05) is 19.1 Å². The molecule has 0 spiro atoms. The lowest BCUT2D eigenvalue weighted by atomic mass is 10.2. The van der Waals surface area contributed by atoms with Crippen molar-refractivity contribution in [2.75, 3.05) is 18.8 Å². The molecule has 1 fully saturated rings. The smallest absolute Gasteiger partial charge is 0.239 e. The van der Waals surface area contributed by atoms with Crippen molar-refractivity contribution < 1.29 is 13.2 Å². The van der Waals surface area contributed by atoms with Crippen molar-refractivity contribution in [2.45, 2.75) is 38.8 Å². The van der Waals surface area contributed by atoms with Gasteiger partial charge in [0.15, 0.2) is 0 Å². The lowest BCUT2D eigenvalue weighted by Gasteiger charge is -2.18. The molecule has 17 heavy (non-hydrogen) atoms. The molecule has 1 rings (SSSR count). The third kappa shape index (κ3) is 5.01. The molecule has 100 valence electrons. The standard InChI is InChI=1S/C10H21N3O3S/c1-8(2)12-9-4-6-13(10(9)14)5-3-7-17(11,15)16/h8-9,12H,3-7H2,1-2H3,(H2,11,15,16). The van der Waals surface area contributed by atoms with E-state index in [1.54, 1.807) is 4.90 Å². The second-order valence-electron chi connectivity index (χ2n) is 4.71. The van der Waals surface area contributed by atoms with Crippen LogP contribution in [0.25, 0.3) is 0 Å². The molecule has 0 aromatic heterocycles. The lowest BCUT2D eigenvalue weighted by Crippen LogP contribution is -2.41. The van der Waals surface area contributed by atoms with Crippen molar-refractivity contribution in [3.63, 3.8) is 0 Å². The van der Waals surface area contributed by atoms with Gasteiger partial charge in [-0.2, -0.15) is 0 Å². The highest BCUT2D eigenvalue weighted by molar-refractivity contribution is 7.89. The van der Waals surface area contributed by atoms with Gasteiger partial charge < -0.3 is 10.2 Å². The van der Waals surface area contributed by atoms with Crippen LogP contribution in [0.3, 0.4) is 0 Å². The van der Waals surface area contributed by atoms with Crippen molar-refractivity contribution in [1.82, 2.24) is 10.2 Å². The van der Waals surface area contributed by atoms with E-state index in [0.29, 0.717) is 19.5 Å². The number of rotatable bonds is 6. The summed E-state index contributed by atoms with van der Waals surface area (Å²) in [4.78, 5) is 13.6. The zero-order chi connectivity index (χ0) is 13.1. The number of nitrogens with one attached hydrogen (secondary N) is 1. The maximum Gasteiger partial charge on any atom is 0.239 e. The summed E-state index contributed by atoms with van der Waals surface area (Å²) in [7, 11) is -3.42. The van der Waals surface area contributed by atoms with E-state index >= 15 is 0 Å². The predicted octanol–water partition coefficient (Wildman–Crippen LogP) is -0.736. The van der Waals surface area contributed by atoms with Crippen LogP contribution in [-0.2, 0) is 14.8 Å². The van der Waals surface area contributed by atoms with Gasteiger partial charge in [-0.3, -0.25) is 4.79 Å². The number of hydrogen-bond donors (Lipinski definition) is 2. The number of primary sulfonamides is 1. The highest BCUT2D eigenvalue weighted by atomic mass is 32.2. The van der Waals surface area contributed by atoms with Crippen molar-refractivity contribution in [2.24, 2.45) is 5.14 Å². The summed E-state index contributed by atoms with van der Waals surface area (Å²) < 4.78 is 21.5. The summed E-state index contributed by atoms with van der Waals surface area (Å²) in [6, 6.07) is 0.151. The minimum absolute atomic E-state index is 0.0631. The zero-order valence-electron chi connectivity index (χ0n) is 10.3. The Kier molecular flexibility index (Phi) is 4.91. The van der Waals surface area contributed by atoms with Crippen LogP contribution < -0.4 is 10.5 Å². The van der Waals surface area contributed by atoms with Gasteiger partial charge in [0.05, 0.1) is 11.8 Å². The first-order valence-corrected chi connectivity index (χ1v) is 7.56. The number of nitrogens with zero attached hydrogens (tertiary/aromatic N) is 1. The Bertz CT molecular complexity index is 367. The Morgan fingerprint density at radius 2 is 2.18 bits per heavy atom. The predicted molar refractivity (Wildman–Crippen MR) is 65.8 cm³/mol. The Hall–Kier alpha value is -0.660. The van der Waals surface area contributed by atoms with Gasteiger partial charge in [-0.05, 0) is 12.8 Å². The molecule has 1 atom stereocenters. The van der Waals surface area contributed by atoms with Crippen LogP contribution in [0.2, 0.25) is 0 Å². The largest absolute Gasteiger partial charge is 0.341 e. The number of likely N-dealkylation sites (tertiary alicyclic amines) is 1. The topological polar surface area (TPSA) is 92.5 Å². The van der Waals surface area contributed by atoms with E-state index in [0.717, 1.165) is 6.42 Å². The Balaban J connectivity index is 2.35. The highest BCUT2D eigenvalue weighted by Crippen LogP contribution is 2.12. The monoisotopic (exact) mass is 263 g/mol. The fourth-order valence-corrected chi connectivity index (χ4v) is 2.51. The molecule has 1 heterocycles. The summed E-state index contributed by atoms with van der Waals surface area (Å²) in [5, 5.41) is 8.10. The van der Waals surface area contributed by atoms with E-state index in [1.165, 1.54) is 0 Å². The molecule has 1 aliphatic heterocycles. The second-order valence-corrected chi connectivity index (χ2v) is 6.44. The van der Waals surface area contributed by atoms with E-state index in [2.05, 4.69) is 5.32 Å². The maximum absolute atomic E-state index is 11.9. The van der Waals surface area contributed by atoms with Gasteiger partial charge in [0.1, 0.15) is 0 Å². The zero-order valence-corrected chi connectivity index (χ0v) is 11.2. The third-order valence-electron chi connectivity index (χ3n) is 2.69. The van der Waals surface area contributed by atoms with E-state index in [1.807, 2.05) is 13.8 Å². The summed E-state index contributed by atoms with van der Waals surface area (Å²) >= 11 is 0. The first-order valence-electron chi connectivity index (χ1n) is 5.85. The normalized spacial score (nSPS) is 21.5. The van der Waals surface area contributed by atoms with E-state index in [-0.39, 0.29) is 23.7 Å². The minimum atomic E-state index is -3.42. The molecule has 3 N–H and O–H groups in total. The first-order chi connectivity index (χ1) is 7.79. The quantitative estimate of drug-likeness (QED) is 0.660. The molecular weight excluding hydrogens is 242 g/mol. The Morgan fingerprint density at radius 3 is 2.71 bits per heavy atom. The molecule has 0 radical (unpaired) electrons. The number of carbonyl (C=O) groups is 1. The summed E-state index contributed by atoms with van der Waals surface area (Å²) in [6.07, 6.45) is 1.19. The molecule has 0 saturated carbocycles. The van der Waals surface area contributed by atoms with Crippen molar-refractivity contribution >= 4 is 15.9 Å². The van der Waals surface area contributed by atoms with E-state index in [4.69, 9.17) is 5.14 Å². The lowest BCUT2D eigenvalue weighted by molar-refractivity contribution is -0.129. The highest BCUT2D eigenvalue weighted by Gasteiger charge is 2.31. The van der Waals surface area contributed by atoms with Crippen molar-refractivity contribution in [3.8, 4) is 0 Å². The fourth-order valence-electron chi connectivity index (χ4n) is 1.97. The summed E-state index contributed by atoms with van der Waals surface area (Å²) in [5.74, 6) is -0.00731. The molecule has 1 saturated heterocycles. The molecule has 0 aromatic carbocycles. The van der Waals surface area contributed by atoms with Crippen LogP contribution in [-0.4, -0.2) is 50.2 Å². The minimum Gasteiger partial charge on any atom is -0.341 e. The SMILES string of the molecule is CC(C)NC1CCN(CCCS(N)(=O)=O)C1=O. The summed E-state index contributed by atoms with van der Waals surface area (Å²) in [6.45, 7) is 5.15. The number of sulfonamides is 1. The molecule has 0 aliphatic carbocycles. The van der Waals surface area contributed by atoms with Gasteiger partial charge in [-0.15, -0.1) is 0 Å². The van der Waals surface area contributed by atoms with Gasteiger partial charge in [0.25, 0.3) is 0 Å². The fraction of sp³-hybridized carbons (Fsp3) is 0.900. The third-order valence-corrected chi connectivity index (χ3v) is 3.55.